The molecule has 0 aliphatic heterocycles. The van der Waals surface area contributed by atoms with Gasteiger partial charge in [0.2, 0.25) is 0 Å². The Labute approximate surface area is 126 Å². The van der Waals surface area contributed by atoms with E-state index in [2.05, 4.69) is 38.1 Å². The number of aryl methyl sites for hydroxylation is 1. The van der Waals surface area contributed by atoms with Gasteiger partial charge in [-0.15, -0.1) is 0 Å². The van der Waals surface area contributed by atoms with Gasteiger partial charge < -0.3 is 5.32 Å². The van der Waals surface area contributed by atoms with Gasteiger partial charge in [-0.1, -0.05) is 39.8 Å². The second kappa shape index (κ2) is 6.39. The van der Waals surface area contributed by atoms with Crippen molar-refractivity contribution in [3.63, 3.8) is 0 Å². The highest BCUT2D eigenvalue weighted by molar-refractivity contribution is 5.67. The molecule has 0 saturated carbocycles. The van der Waals surface area contributed by atoms with Crippen molar-refractivity contribution in [3.05, 3.63) is 41.5 Å². The zero-order valence-electron chi connectivity index (χ0n) is 13.4. The molecule has 0 aliphatic carbocycles. The van der Waals surface area contributed by atoms with Crippen LogP contribution in [0.1, 0.15) is 44.9 Å². The fourth-order valence-corrected chi connectivity index (χ4v) is 2.35. The van der Waals surface area contributed by atoms with Crippen molar-refractivity contribution in [2.45, 2.75) is 46.2 Å². The molecule has 0 amide bonds. The van der Waals surface area contributed by atoms with Crippen molar-refractivity contribution >= 4 is 0 Å². The van der Waals surface area contributed by atoms with Crippen LogP contribution in [-0.4, -0.2) is 15.8 Å². The average molecular weight is 289 g/mol. The van der Waals surface area contributed by atoms with Crippen LogP contribution in [0.15, 0.2) is 24.4 Å². The van der Waals surface area contributed by atoms with E-state index in [1.807, 2.05) is 25.4 Å². The lowest BCUT2D eigenvalue weighted by Gasteiger charge is -2.10. The maximum atomic E-state index is 14.4. The predicted molar refractivity (Wildman–Crippen MR) is 84.7 cm³/mol. The summed E-state index contributed by atoms with van der Waals surface area (Å²) in [5, 5.41) is 7.75. The standard InChI is InChI=1S/C17H24FN3/c1-11(2)17-15(10-21(5)20-17)14-7-6-13(8-16(14)18)9-19-12(3)4/h6-8,10-12,19H,9H2,1-5H3. The van der Waals surface area contributed by atoms with E-state index < -0.39 is 0 Å². The fraction of sp³-hybridized carbons (Fsp3) is 0.471. The molecule has 0 spiro atoms. The van der Waals surface area contributed by atoms with Gasteiger partial charge in [-0.25, -0.2) is 4.39 Å². The van der Waals surface area contributed by atoms with E-state index in [-0.39, 0.29) is 11.7 Å². The van der Waals surface area contributed by atoms with Crippen LogP contribution in [0.25, 0.3) is 11.1 Å². The van der Waals surface area contributed by atoms with Crippen LogP contribution in [0.3, 0.4) is 0 Å². The third kappa shape index (κ3) is 3.70. The highest BCUT2D eigenvalue weighted by atomic mass is 19.1. The Morgan fingerprint density at radius 3 is 2.48 bits per heavy atom. The third-order valence-electron chi connectivity index (χ3n) is 3.44. The second-order valence-electron chi connectivity index (χ2n) is 6.11. The van der Waals surface area contributed by atoms with Crippen LogP contribution in [0.2, 0.25) is 0 Å². The van der Waals surface area contributed by atoms with Crippen LogP contribution >= 0.6 is 0 Å². The van der Waals surface area contributed by atoms with Gasteiger partial charge in [-0.3, -0.25) is 4.68 Å². The Bertz CT molecular complexity index is 614. The molecule has 0 atom stereocenters. The average Bonchev–Trinajstić information content (AvgIpc) is 2.78. The van der Waals surface area contributed by atoms with Crippen LogP contribution in [-0.2, 0) is 13.6 Å². The zero-order chi connectivity index (χ0) is 15.6. The molecule has 0 bridgehead atoms. The van der Waals surface area contributed by atoms with Crippen LogP contribution in [0.5, 0.6) is 0 Å². The van der Waals surface area contributed by atoms with E-state index in [0.29, 0.717) is 18.2 Å². The molecule has 21 heavy (non-hydrogen) atoms. The first-order chi connectivity index (χ1) is 9.88. The molecule has 3 nitrogen and oxygen atoms in total. The van der Waals surface area contributed by atoms with Gasteiger partial charge in [0.15, 0.2) is 0 Å². The highest BCUT2D eigenvalue weighted by Gasteiger charge is 2.16. The van der Waals surface area contributed by atoms with Gasteiger partial charge >= 0.3 is 0 Å². The maximum absolute atomic E-state index is 14.4. The van der Waals surface area contributed by atoms with Gasteiger partial charge in [0.1, 0.15) is 5.82 Å². The molecule has 0 radical (unpaired) electrons. The van der Waals surface area contributed by atoms with E-state index in [1.54, 1.807) is 10.7 Å². The summed E-state index contributed by atoms with van der Waals surface area (Å²) in [5.41, 5.74) is 3.40. The smallest absolute Gasteiger partial charge is 0.131 e. The van der Waals surface area contributed by atoms with Gasteiger partial charge in [0.05, 0.1) is 5.69 Å². The van der Waals surface area contributed by atoms with Crippen molar-refractivity contribution in [1.29, 1.82) is 0 Å². The Kier molecular flexibility index (Phi) is 4.78. The first-order valence-corrected chi connectivity index (χ1v) is 7.44. The quantitative estimate of drug-likeness (QED) is 0.906. The Morgan fingerprint density at radius 2 is 1.90 bits per heavy atom. The SMILES string of the molecule is CC(C)NCc1ccc(-c2cn(C)nc2C(C)C)c(F)c1. The Hall–Kier alpha value is -1.68. The van der Waals surface area contributed by atoms with E-state index in [1.165, 1.54) is 0 Å². The van der Waals surface area contributed by atoms with Crippen molar-refractivity contribution in [1.82, 2.24) is 15.1 Å². The number of halogens is 1. The molecule has 1 N–H and O–H groups in total. The van der Waals surface area contributed by atoms with Crippen LogP contribution < -0.4 is 5.32 Å². The fourth-order valence-electron chi connectivity index (χ4n) is 2.35. The second-order valence-corrected chi connectivity index (χ2v) is 6.11. The number of rotatable bonds is 5. The summed E-state index contributed by atoms with van der Waals surface area (Å²) in [6.45, 7) is 8.98. The number of aromatic nitrogens is 2. The molecule has 4 heteroatoms. The summed E-state index contributed by atoms with van der Waals surface area (Å²) in [6.07, 6.45) is 1.89. The first-order valence-electron chi connectivity index (χ1n) is 7.44. The summed E-state index contributed by atoms with van der Waals surface area (Å²) < 4.78 is 16.2. The molecular formula is C17H24FN3. The third-order valence-corrected chi connectivity index (χ3v) is 3.44. The molecule has 1 heterocycles. The minimum Gasteiger partial charge on any atom is -0.310 e. The minimum atomic E-state index is -0.187. The topological polar surface area (TPSA) is 29.9 Å². The number of hydrogen-bond acceptors (Lipinski definition) is 2. The lowest BCUT2D eigenvalue weighted by molar-refractivity contribution is 0.582. The lowest BCUT2D eigenvalue weighted by atomic mass is 9.98. The van der Waals surface area contributed by atoms with Gasteiger partial charge in [0, 0.05) is 37.0 Å². The first kappa shape index (κ1) is 15.7. The highest BCUT2D eigenvalue weighted by Crippen LogP contribution is 2.30. The number of nitrogens with zero attached hydrogens (tertiary/aromatic N) is 2. The molecular weight excluding hydrogens is 265 g/mol. The van der Waals surface area contributed by atoms with Gasteiger partial charge in [-0.05, 0) is 17.5 Å². The van der Waals surface area contributed by atoms with Gasteiger partial charge in [0.25, 0.3) is 0 Å². The maximum Gasteiger partial charge on any atom is 0.131 e. The summed E-state index contributed by atoms with van der Waals surface area (Å²) in [7, 11) is 1.87. The van der Waals surface area contributed by atoms with Crippen molar-refractivity contribution < 1.29 is 4.39 Å². The van der Waals surface area contributed by atoms with Gasteiger partial charge in [-0.2, -0.15) is 5.10 Å². The summed E-state index contributed by atoms with van der Waals surface area (Å²) in [6, 6.07) is 5.83. The Morgan fingerprint density at radius 1 is 1.19 bits per heavy atom. The number of hydrogen-bond donors (Lipinski definition) is 1. The summed E-state index contributed by atoms with van der Waals surface area (Å²) in [4.78, 5) is 0. The number of benzene rings is 1. The van der Waals surface area contributed by atoms with Crippen molar-refractivity contribution in [2.75, 3.05) is 0 Å². The lowest BCUT2D eigenvalue weighted by Crippen LogP contribution is -2.21. The molecule has 0 saturated heterocycles. The molecule has 0 fully saturated rings. The summed E-state index contributed by atoms with van der Waals surface area (Å²) >= 11 is 0. The van der Waals surface area contributed by atoms with Crippen LogP contribution in [0.4, 0.5) is 4.39 Å². The monoisotopic (exact) mass is 289 g/mol. The molecule has 2 rings (SSSR count). The zero-order valence-corrected chi connectivity index (χ0v) is 13.4. The van der Waals surface area contributed by atoms with Crippen molar-refractivity contribution in [2.24, 2.45) is 7.05 Å². The molecule has 0 unspecified atom stereocenters. The molecule has 1 aromatic carbocycles. The molecule has 2 aromatic rings. The van der Waals surface area contributed by atoms with Crippen molar-refractivity contribution in [3.8, 4) is 11.1 Å². The molecule has 114 valence electrons. The number of nitrogens with one attached hydrogen (secondary N) is 1. The predicted octanol–water partition coefficient (Wildman–Crippen LogP) is 3.85. The van der Waals surface area contributed by atoms with E-state index in [4.69, 9.17) is 0 Å². The largest absolute Gasteiger partial charge is 0.310 e. The van der Waals surface area contributed by atoms with E-state index in [0.717, 1.165) is 16.8 Å². The van der Waals surface area contributed by atoms with Crippen LogP contribution in [0, 0.1) is 5.82 Å². The Balaban J connectivity index is 2.33. The molecule has 0 aliphatic rings. The van der Waals surface area contributed by atoms with E-state index >= 15 is 0 Å². The molecule has 1 aromatic heterocycles. The minimum absolute atomic E-state index is 0.187. The normalized spacial score (nSPS) is 11.6. The summed E-state index contributed by atoms with van der Waals surface area (Å²) in [5.74, 6) is 0.0795. The van der Waals surface area contributed by atoms with E-state index in [9.17, 15) is 4.39 Å².